The molecule has 1 amide bonds. The van der Waals surface area contributed by atoms with Gasteiger partial charge in [-0.2, -0.15) is 0 Å². The molecule has 2 fully saturated rings. The highest BCUT2D eigenvalue weighted by Crippen LogP contribution is 2.31. The molecule has 33 heavy (non-hydrogen) atoms. The molecule has 2 aromatic rings. The molecule has 0 atom stereocenters. The van der Waals surface area contributed by atoms with Crippen LogP contribution in [0.15, 0.2) is 42.5 Å². The summed E-state index contributed by atoms with van der Waals surface area (Å²) in [4.78, 5) is 28.2. The van der Waals surface area contributed by atoms with Crippen molar-refractivity contribution in [2.24, 2.45) is 0 Å². The molecule has 0 unspecified atom stereocenters. The first-order valence-electron chi connectivity index (χ1n) is 11.1. The van der Waals surface area contributed by atoms with E-state index >= 15 is 0 Å². The first-order valence-corrected chi connectivity index (χ1v) is 11.5. The standard InChI is InChI=1S/C23H27N5O4S/c29-22(17-8-9-20(21(16-17)28(30)31)26-10-4-1-5-11-26)25-23(33)24-18-6-2-3-7-19(18)27-12-14-32-15-13-27/h2-3,6-9,16H,1,4-5,10-15H2,(H2,24,25,29,33). The van der Waals surface area contributed by atoms with E-state index < -0.39 is 10.8 Å². The first kappa shape index (κ1) is 22.9. The summed E-state index contributed by atoms with van der Waals surface area (Å²) in [5, 5.41) is 17.5. The van der Waals surface area contributed by atoms with Crippen LogP contribution in [0.5, 0.6) is 0 Å². The molecule has 174 valence electrons. The maximum absolute atomic E-state index is 12.8. The number of hydrogen-bond acceptors (Lipinski definition) is 7. The van der Waals surface area contributed by atoms with Crippen molar-refractivity contribution in [1.29, 1.82) is 0 Å². The number of anilines is 3. The number of benzene rings is 2. The number of carbonyl (C=O) groups excluding carboxylic acids is 1. The van der Waals surface area contributed by atoms with Gasteiger partial charge in [0.15, 0.2) is 5.11 Å². The average Bonchev–Trinajstić information content (AvgIpc) is 2.85. The van der Waals surface area contributed by atoms with E-state index in [0.29, 0.717) is 18.9 Å². The third kappa shape index (κ3) is 5.58. The number of morpholine rings is 1. The second kappa shape index (κ2) is 10.6. The highest BCUT2D eigenvalue weighted by molar-refractivity contribution is 7.80. The third-order valence-electron chi connectivity index (χ3n) is 5.86. The van der Waals surface area contributed by atoms with Crippen LogP contribution in [0.1, 0.15) is 29.6 Å². The summed E-state index contributed by atoms with van der Waals surface area (Å²) >= 11 is 5.36. The number of para-hydroxylation sites is 2. The van der Waals surface area contributed by atoms with Gasteiger partial charge in [0.2, 0.25) is 0 Å². The van der Waals surface area contributed by atoms with Gasteiger partial charge in [-0.3, -0.25) is 20.2 Å². The van der Waals surface area contributed by atoms with Gasteiger partial charge in [0, 0.05) is 37.8 Å². The van der Waals surface area contributed by atoms with Crippen LogP contribution in [0, 0.1) is 10.1 Å². The van der Waals surface area contributed by atoms with E-state index in [-0.39, 0.29) is 16.4 Å². The number of thiocarbonyl (C=S) groups is 1. The topological polar surface area (TPSA) is 100.0 Å². The van der Waals surface area contributed by atoms with Gasteiger partial charge in [-0.05, 0) is 55.7 Å². The number of nitro groups is 1. The average molecular weight is 470 g/mol. The fourth-order valence-electron chi connectivity index (χ4n) is 4.20. The van der Waals surface area contributed by atoms with Crippen LogP contribution in [-0.2, 0) is 4.74 Å². The monoisotopic (exact) mass is 469 g/mol. The normalized spacial score (nSPS) is 16.2. The largest absolute Gasteiger partial charge is 0.378 e. The minimum Gasteiger partial charge on any atom is -0.378 e. The predicted octanol–water partition coefficient (Wildman–Crippen LogP) is 3.55. The van der Waals surface area contributed by atoms with Crippen LogP contribution in [0.2, 0.25) is 0 Å². The fraction of sp³-hybridized carbons (Fsp3) is 0.391. The molecule has 2 aliphatic rings. The van der Waals surface area contributed by atoms with Gasteiger partial charge >= 0.3 is 0 Å². The molecule has 0 bridgehead atoms. The van der Waals surface area contributed by atoms with Crippen molar-refractivity contribution in [3.05, 3.63) is 58.1 Å². The van der Waals surface area contributed by atoms with Gasteiger partial charge in [-0.25, -0.2) is 0 Å². The number of rotatable bonds is 5. The Bertz CT molecular complexity index is 1040. The van der Waals surface area contributed by atoms with Crippen LogP contribution in [-0.4, -0.2) is 55.3 Å². The van der Waals surface area contributed by atoms with Crippen molar-refractivity contribution in [2.45, 2.75) is 19.3 Å². The molecule has 4 rings (SSSR count). The molecule has 10 heteroatoms. The number of amides is 1. The second-order valence-corrected chi connectivity index (χ2v) is 8.44. The summed E-state index contributed by atoms with van der Waals surface area (Å²) in [5.74, 6) is -0.496. The lowest BCUT2D eigenvalue weighted by molar-refractivity contribution is -0.384. The molecular formula is C23H27N5O4S. The number of nitrogens with zero attached hydrogens (tertiary/aromatic N) is 3. The van der Waals surface area contributed by atoms with Crippen molar-refractivity contribution in [3.8, 4) is 0 Å². The van der Waals surface area contributed by atoms with Gasteiger partial charge in [-0.15, -0.1) is 0 Å². The van der Waals surface area contributed by atoms with E-state index in [1.165, 1.54) is 6.07 Å². The van der Waals surface area contributed by atoms with Gasteiger partial charge in [0.1, 0.15) is 5.69 Å². The van der Waals surface area contributed by atoms with Gasteiger partial charge in [0.05, 0.1) is 29.5 Å². The van der Waals surface area contributed by atoms with Crippen LogP contribution in [0.25, 0.3) is 0 Å². The minimum absolute atomic E-state index is 0.0684. The molecule has 2 aromatic carbocycles. The number of carbonyl (C=O) groups is 1. The zero-order valence-electron chi connectivity index (χ0n) is 18.3. The molecule has 2 aliphatic heterocycles. The Morgan fingerprint density at radius 1 is 0.970 bits per heavy atom. The summed E-state index contributed by atoms with van der Waals surface area (Å²) in [5.41, 5.74) is 2.42. The lowest BCUT2D eigenvalue weighted by Gasteiger charge is -2.30. The Morgan fingerprint density at radius 3 is 2.39 bits per heavy atom. The van der Waals surface area contributed by atoms with Crippen LogP contribution in [0.3, 0.4) is 0 Å². The zero-order chi connectivity index (χ0) is 23.2. The molecule has 2 saturated heterocycles. The van der Waals surface area contributed by atoms with Crippen molar-refractivity contribution >= 4 is 46.0 Å². The molecular weight excluding hydrogens is 442 g/mol. The molecule has 2 heterocycles. The number of nitro benzene ring substituents is 1. The van der Waals surface area contributed by atoms with Crippen molar-refractivity contribution in [1.82, 2.24) is 5.32 Å². The highest BCUT2D eigenvalue weighted by atomic mass is 32.1. The lowest BCUT2D eigenvalue weighted by Crippen LogP contribution is -2.38. The Kier molecular flexibility index (Phi) is 7.36. The van der Waals surface area contributed by atoms with Crippen LogP contribution < -0.4 is 20.4 Å². The second-order valence-electron chi connectivity index (χ2n) is 8.03. The summed E-state index contributed by atoms with van der Waals surface area (Å²) in [6.45, 7) is 4.41. The zero-order valence-corrected chi connectivity index (χ0v) is 19.1. The Labute approximate surface area is 197 Å². The van der Waals surface area contributed by atoms with Gasteiger partial charge in [0.25, 0.3) is 11.6 Å². The van der Waals surface area contributed by atoms with E-state index in [4.69, 9.17) is 17.0 Å². The molecule has 0 saturated carbocycles. The SMILES string of the molecule is O=C(NC(=S)Nc1ccccc1N1CCOCC1)c1ccc(N2CCCCC2)c([N+](=O)[O-])c1. The van der Waals surface area contributed by atoms with Crippen molar-refractivity contribution in [2.75, 3.05) is 54.5 Å². The fourth-order valence-corrected chi connectivity index (χ4v) is 4.40. The Morgan fingerprint density at radius 2 is 1.67 bits per heavy atom. The predicted molar refractivity (Wildman–Crippen MR) is 132 cm³/mol. The number of hydrogen-bond donors (Lipinski definition) is 2. The minimum atomic E-state index is -0.496. The summed E-state index contributed by atoms with van der Waals surface area (Å²) in [6.07, 6.45) is 3.14. The molecule has 0 aromatic heterocycles. The van der Waals surface area contributed by atoms with Gasteiger partial charge < -0.3 is 19.9 Å². The van der Waals surface area contributed by atoms with E-state index in [0.717, 1.165) is 56.8 Å². The molecule has 9 nitrogen and oxygen atoms in total. The third-order valence-corrected chi connectivity index (χ3v) is 6.07. The quantitative estimate of drug-likeness (QED) is 0.390. The maximum Gasteiger partial charge on any atom is 0.293 e. The van der Waals surface area contributed by atoms with Crippen molar-refractivity contribution < 1.29 is 14.5 Å². The number of ether oxygens (including phenoxy) is 1. The van der Waals surface area contributed by atoms with E-state index in [1.807, 2.05) is 29.2 Å². The number of nitrogens with one attached hydrogen (secondary N) is 2. The lowest BCUT2D eigenvalue weighted by atomic mass is 10.1. The van der Waals surface area contributed by atoms with Crippen LogP contribution >= 0.6 is 12.2 Å². The Balaban J connectivity index is 1.46. The molecule has 0 aliphatic carbocycles. The summed E-state index contributed by atoms with van der Waals surface area (Å²) in [6, 6.07) is 12.3. The Hall–Kier alpha value is -3.24. The first-order chi connectivity index (χ1) is 16.0. The number of piperidine rings is 1. The van der Waals surface area contributed by atoms with E-state index in [1.54, 1.807) is 12.1 Å². The molecule has 0 spiro atoms. The van der Waals surface area contributed by atoms with E-state index in [9.17, 15) is 14.9 Å². The van der Waals surface area contributed by atoms with E-state index in [2.05, 4.69) is 15.5 Å². The van der Waals surface area contributed by atoms with Crippen molar-refractivity contribution in [3.63, 3.8) is 0 Å². The highest BCUT2D eigenvalue weighted by Gasteiger charge is 2.23. The molecule has 0 radical (unpaired) electrons. The maximum atomic E-state index is 12.8. The van der Waals surface area contributed by atoms with Crippen LogP contribution in [0.4, 0.5) is 22.7 Å². The van der Waals surface area contributed by atoms with Gasteiger partial charge in [-0.1, -0.05) is 12.1 Å². The summed E-state index contributed by atoms with van der Waals surface area (Å²) in [7, 11) is 0. The smallest absolute Gasteiger partial charge is 0.293 e. The molecule has 2 N–H and O–H groups in total. The summed E-state index contributed by atoms with van der Waals surface area (Å²) < 4.78 is 5.42.